The Bertz CT molecular complexity index is 3530. The van der Waals surface area contributed by atoms with E-state index in [2.05, 4.69) is 203 Å². The van der Waals surface area contributed by atoms with Gasteiger partial charge in [-0.2, -0.15) is 0 Å². The molecule has 0 aliphatic heterocycles. The third-order valence-corrected chi connectivity index (χ3v) is 12.5. The Kier molecular flexibility index (Phi) is 7.06. The lowest BCUT2D eigenvalue weighted by Gasteiger charge is -2.12. The Morgan fingerprint density at radius 2 is 0.877 bits per heavy atom. The van der Waals surface area contributed by atoms with Crippen LogP contribution in [0.4, 0.5) is 0 Å². The van der Waals surface area contributed by atoms with Crippen LogP contribution in [0, 0.1) is 0 Å². The van der Waals surface area contributed by atoms with Gasteiger partial charge in [0, 0.05) is 52.8 Å². The smallest absolute Gasteiger partial charge is 0.138 e. The summed E-state index contributed by atoms with van der Waals surface area (Å²) in [5, 5.41) is 7.37. The monoisotopic (exact) mass is 744 g/mol. The maximum Gasteiger partial charge on any atom is 0.138 e. The summed E-state index contributed by atoms with van der Waals surface area (Å²) in [5.74, 6) is 1.78. The van der Waals surface area contributed by atoms with E-state index in [1.165, 1.54) is 47.3 Å². The number of hydrogen-bond acceptors (Lipinski definition) is 3. The van der Waals surface area contributed by atoms with Gasteiger partial charge < -0.3 is 0 Å². The van der Waals surface area contributed by atoms with E-state index in [-0.39, 0.29) is 0 Å². The summed E-state index contributed by atoms with van der Waals surface area (Å²) >= 11 is 1.84. The van der Waals surface area contributed by atoms with Gasteiger partial charge in [-0.1, -0.05) is 127 Å². The number of pyridine rings is 2. The molecule has 0 N–H and O–H groups in total. The molecule has 0 amide bonds. The Morgan fingerprint density at radius 1 is 0.333 bits per heavy atom. The molecule has 0 saturated heterocycles. The number of thiophene rings is 1. The van der Waals surface area contributed by atoms with Crippen LogP contribution in [0.2, 0.25) is 0 Å². The van der Waals surface area contributed by atoms with E-state index in [4.69, 9.17) is 9.97 Å². The molecule has 4 nitrogen and oxygen atoms in total. The van der Waals surface area contributed by atoms with E-state index in [1.54, 1.807) is 0 Å². The molecule has 12 rings (SSSR count). The zero-order valence-corrected chi connectivity index (χ0v) is 31.5. The number of benzene rings is 7. The SMILES string of the molecule is c1ccc(-c2ccccc2-c2cccc(-n3c4ccccc4c4c5c6ccccc6n(-c6cccc(-c7ccc8sc9ccccc9c8c7)n6)c5ccc43)n2)cc1. The highest BCUT2D eigenvalue weighted by molar-refractivity contribution is 7.25. The molecule has 5 heteroatoms. The van der Waals surface area contributed by atoms with Crippen LogP contribution >= 0.6 is 11.3 Å². The van der Waals surface area contributed by atoms with E-state index >= 15 is 0 Å². The van der Waals surface area contributed by atoms with Crippen molar-refractivity contribution in [2.24, 2.45) is 0 Å². The zero-order valence-electron chi connectivity index (χ0n) is 30.7. The highest BCUT2D eigenvalue weighted by atomic mass is 32.1. The van der Waals surface area contributed by atoms with Gasteiger partial charge in [0.15, 0.2) is 0 Å². The minimum atomic E-state index is 0.884. The first kappa shape index (κ1) is 32.0. The Hall–Kier alpha value is -7.34. The largest absolute Gasteiger partial charge is 0.294 e. The number of rotatable bonds is 5. The molecule has 0 bridgehead atoms. The van der Waals surface area contributed by atoms with Gasteiger partial charge in [-0.05, 0) is 77.9 Å². The topological polar surface area (TPSA) is 35.6 Å². The normalized spacial score (nSPS) is 11.9. The molecular weight excluding hydrogens is 713 g/mol. The van der Waals surface area contributed by atoms with Crippen molar-refractivity contribution in [2.45, 2.75) is 0 Å². The maximum atomic E-state index is 5.39. The molecule has 5 heterocycles. The second kappa shape index (κ2) is 12.6. The molecule has 7 aromatic carbocycles. The van der Waals surface area contributed by atoms with Gasteiger partial charge in [0.25, 0.3) is 0 Å². The molecule has 12 aromatic rings. The van der Waals surface area contributed by atoms with Gasteiger partial charge in [-0.15, -0.1) is 11.3 Å². The first-order valence-corrected chi connectivity index (χ1v) is 20.1. The van der Waals surface area contributed by atoms with E-state index in [1.807, 2.05) is 11.3 Å². The molecule has 266 valence electrons. The van der Waals surface area contributed by atoms with Crippen LogP contribution in [-0.4, -0.2) is 19.1 Å². The van der Waals surface area contributed by atoms with Crippen LogP contribution in [0.3, 0.4) is 0 Å². The van der Waals surface area contributed by atoms with Gasteiger partial charge in [0.05, 0.1) is 33.5 Å². The fourth-order valence-electron chi connectivity index (χ4n) is 8.88. The summed E-state index contributed by atoms with van der Waals surface area (Å²) in [6.45, 7) is 0. The van der Waals surface area contributed by atoms with Crippen molar-refractivity contribution < 1.29 is 0 Å². The summed E-state index contributed by atoms with van der Waals surface area (Å²) in [6, 6.07) is 69.2. The zero-order chi connectivity index (χ0) is 37.5. The molecule has 0 atom stereocenters. The summed E-state index contributed by atoms with van der Waals surface area (Å²) < 4.78 is 7.26. The Labute approximate surface area is 332 Å². The Morgan fingerprint density at radius 3 is 1.58 bits per heavy atom. The fourth-order valence-corrected chi connectivity index (χ4v) is 9.97. The van der Waals surface area contributed by atoms with Gasteiger partial charge in [-0.25, -0.2) is 9.97 Å². The van der Waals surface area contributed by atoms with Crippen molar-refractivity contribution in [3.63, 3.8) is 0 Å². The van der Waals surface area contributed by atoms with Crippen LogP contribution in [0.1, 0.15) is 0 Å². The molecule has 57 heavy (non-hydrogen) atoms. The van der Waals surface area contributed by atoms with Gasteiger partial charge in [0.1, 0.15) is 11.6 Å². The molecule has 0 saturated carbocycles. The fraction of sp³-hybridized carbons (Fsp3) is 0. The number of nitrogens with zero attached hydrogens (tertiary/aromatic N) is 4. The average molecular weight is 745 g/mol. The predicted octanol–water partition coefficient (Wildman–Crippen LogP) is 14.0. The number of hydrogen-bond donors (Lipinski definition) is 0. The minimum absolute atomic E-state index is 0.884. The van der Waals surface area contributed by atoms with Gasteiger partial charge in [-0.3, -0.25) is 9.13 Å². The number of fused-ring (bicyclic) bond motifs is 10. The third-order valence-electron chi connectivity index (χ3n) is 11.4. The minimum Gasteiger partial charge on any atom is -0.294 e. The summed E-state index contributed by atoms with van der Waals surface area (Å²) in [7, 11) is 0. The van der Waals surface area contributed by atoms with Crippen molar-refractivity contribution in [3.8, 4) is 45.3 Å². The molecule has 0 unspecified atom stereocenters. The van der Waals surface area contributed by atoms with E-state index in [0.29, 0.717) is 0 Å². The lowest BCUT2D eigenvalue weighted by Crippen LogP contribution is -1.99. The van der Waals surface area contributed by atoms with Crippen molar-refractivity contribution in [1.29, 1.82) is 0 Å². The van der Waals surface area contributed by atoms with Gasteiger partial charge >= 0.3 is 0 Å². The predicted molar refractivity (Wildman–Crippen MR) is 240 cm³/mol. The number of aromatic nitrogens is 4. The Balaban J connectivity index is 1.06. The van der Waals surface area contributed by atoms with Crippen molar-refractivity contribution in [3.05, 3.63) is 194 Å². The van der Waals surface area contributed by atoms with Crippen LogP contribution in [0.15, 0.2) is 194 Å². The van der Waals surface area contributed by atoms with E-state index in [0.717, 1.165) is 61.8 Å². The van der Waals surface area contributed by atoms with Crippen LogP contribution in [0.25, 0.3) is 109 Å². The first-order chi connectivity index (χ1) is 28.3. The lowest BCUT2D eigenvalue weighted by molar-refractivity contribution is 1.08. The van der Waals surface area contributed by atoms with Crippen molar-refractivity contribution in [2.75, 3.05) is 0 Å². The summed E-state index contributed by atoms with van der Waals surface area (Å²) in [4.78, 5) is 10.8. The molecular formula is C52H32N4S. The van der Waals surface area contributed by atoms with Gasteiger partial charge in [0.2, 0.25) is 0 Å². The average Bonchev–Trinajstić information content (AvgIpc) is 3.94. The quantitative estimate of drug-likeness (QED) is 0.176. The van der Waals surface area contributed by atoms with E-state index in [9.17, 15) is 0 Å². The van der Waals surface area contributed by atoms with Crippen LogP contribution < -0.4 is 0 Å². The van der Waals surface area contributed by atoms with Crippen LogP contribution in [0.5, 0.6) is 0 Å². The first-order valence-electron chi connectivity index (χ1n) is 19.3. The van der Waals surface area contributed by atoms with Crippen molar-refractivity contribution in [1.82, 2.24) is 19.1 Å². The standard InChI is InChI=1S/C52H32N4S/c1-2-14-33(15-3-1)35-16-4-5-17-36(35)42-22-13-27-50(54-42)56-44-24-10-7-20-39(44)52-46(56)30-29-45-51(52)38-19-6-9-23-43(38)55(45)49-26-12-21-41(53-49)34-28-31-48-40(32-34)37-18-8-11-25-47(37)57-48/h1-32H. The van der Waals surface area contributed by atoms with Crippen LogP contribution in [-0.2, 0) is 0 Å². The summed E-state index contributed by atoms with van der Waals surface area (Å²) in [6.07, 6.45) is 0. The summed E-state index contributed by atoms with van der Waals surface area (Å²) in [5.41, 5.74) is 10.9. The van der Waals surface area contributed by atoms with E-state index < -0.39 is 0 Å². The number of para-hydroxylation sites is 2. The molecule has 0 aliphatic rings. The molecule has 0 fully saturated rings. The van der Waals surface area contributed by atoms with Crippen molar-refractivity contribution >= 4 is 75.1 Å². The lowest BCUT2D eigenvalue weighted by atomic mass is 9.97. The highest BCUT2D eigenvalue weighted by Crippen LogP contribution is 2.43. The third kappa shape index (κ3) is 4.93. The maximum absolute atomic E-state index is 5.39. The second-order valence-electron chi connectivity index (χ2n) is 14.5. The molecule has 0 radical (unpaired) electrons. The molecule has 0 spiro atoms. The second-order valence-corrected chi connectivity index (χ2v) is 15.6. The highest BCUT2D eigenvalue weighted by Gasteiger charge is 2.22. The molecule has 0 aliphatic carbocycles. The molecule has 5 aromatic heterocycles.